The van der Waals surface area contributed by atoms with Gasteiger partial charge >= 0.3 is 5.69 Å². The number of hydrogen-bond acceptors (Lipinski definition) is 6. The van der Waals surface area contributed by atoms with Crippen LogP contribution in [0.3, 0.4) is 0 Å². The van der Waals surface area contributed by atoms with Crippen LogP contribution in [0.25, 0.3) is 0 Å². The second kappa shape index (κ2) is 8.95. The van der Waals surface area contributed by atoms with Crippen molar-refractivity contribution >= 4 is 6.21 Å². The van der Waals surface area contributed by atoms with Gasteiger partial charge in [0.2, 0.25) is 5.88 Å². The van der Waals surface area contributed by atoms with Crippen molar-refractivity contribution < 1.29 is 9.50 Å². The summed E-state index contributed by atoms with van der Waals surface area (Å²) >= 11 is 0. The van der Waals surface area contributed by atoms with Crippen LogP contribution in [0.1, 0.15) is 42.0 Å². The Morgan fingerprint density at radius 3 is 2.77 bits per heavy atom. The lowest BCUT2D eigenvalue weighted by Crippen LogP contribution is -2.33. The Kier molecular flexibility index (Phi) is 5.92. The first-order valence-electron chi connectivity index (χ1n) is 10.0. The third kappa shape index (κ3) is 4.55. The smallest absolute Gasteiger partial charge is 0.331 e. The van der Waals surface area contributed by atoms with Crippen LogP contribution in [0.5, 0.6) is 5.88 Å². The quantitative estimate of drug-likeness (QED) is 0.614. The van der Waals surface area contributed by atoms with E-state index in [1.165, 1.54) is 30.5 Å². The van der Waals surface area contributed by atoms with Gasteiger partial charge in [-0.2, -0.15) is 5.10 Å². The Morgan fingerprint density at radius 1 is 1.23 bits per heavy atom. The normalized spacial score (nSPS) is 16.7. The fourth-order valence-corrected chi connectivity index (χ4v) is 3.71. The van der Waals surface area contributed by atoms with Crippen molar-refractivity contribution in [3.8, 4) is 5.88 Å². The molecule has 0 amide bonds. The van der Waals surface area contributed by atoms with Gasteiger partial charge < -0.3 is 5.11 Å². The van der Waals surface area contributed by atoms with E-state index < -0.39 is 22.9 Å². The summed E-state index contributed by atoms with van der Waals surface area (Å²) in [5.74, 6) is -0.893. The molecule has 1 atom stereocenters. The number of aromatic amines is 1. The highest BCUT2D eigenvalue weighted by atomic mass is 19.1. The molecule has 1 aliphatic rings. The van der Waals surface area contributed by atoms with Crippen LogP contribution < -0.4 is 11.2 Å². The second-order valence-corrected chi connectivity index (χ2v) is 7.41. The van der Waals surface area contributed by atoms with Gasteiger partial charge in [-0.25, -0.2) is 9.18 Å². The van der Waals surface area contributed by atoms with E-state index in [0.29, 0.717) is 12.1 Å². The van der Waals surface area contributed by atoms with Crippen molar-refractivity contribution in [3.05, 3.63) is 92.1 Å². The van der Waals surface area contributed by atoms with E-state index in [0.717, 1.165) is 29.4 Å². The van der Waals surface area contributed by atoms with E-state index in [9.17, 15) is 19.1 Å². The van der Waals surface area contributed by atoms with Crippen molar-refractivity contribution in [2.75, 3.05) is 6.54 Å². The number of nitrogens with one attached hydrogen (secondary N) is 1. The SMILES string of the molecule is O=c1[nH]c(=O)n(Cc2ccc(F)cc2)c(O)c1/C=N/N1CCCCC1c1cccnc1. The topological polar surface area (TPSA) is 104 Å². The Balaban J connectivity index is 1.64. The first-order chi connectivity index (χ1) is 15.0. The zero-order chi connectivity index (χ0) is 21.8. The molecule has 8 nitrogen and oxygen atoms in total. The minimum absolute atomic E-state index is 0.0186. The summed E-state index contributed by atoms with van der Waals surface area (Å²) in [6.45, 7) is 0.675. The number of hydrazone groups is 1. The lowest BCUT2D eigenvalue weighted by atomic mass is 9.98. The lowest BCUT2D eigenvalue weighted by Gasteiger charge is -2.33. The number of aromatic hydroxyl groups is 1. The number of pyridine rings is 1. The van der Waals surface area contributed by atoms with Gasteiger partial charge in [-0.15, -0.1) is 0 Å². The number of nitrogens with zero attached hydrogens (tertiary/aromatic N) is 4. The van der Waals surface area contributed by atoms with E-state index in [-0.39, 0.29) is 18.2 Å². The molecule has 0 bridgehead atoms. The summed E-state index contributed by atoms with van der Waals surface area (Å²) in [4.78, 5) is 31.0. The lowest BCUT2D eigenvalue weighted by molar-refractivity contribution is 0.156. The number of halogens is 1. The van der Waals surface area contributed by atoms with Gasteiger partial charge in [-0.05, 0) is 48.6 Å². The molecular formula is C22H22FN5O3. The maximum Gasteiger partial charge on any atom is 0.331 e. The van der Waals surface area contributed by atoms with Gasteiger partial charge in [0.15, 0.2) is 0 Å². The van der Waals surface area contributed by atoms with Crippen molar-refractivity contribution in [2.24, 2.45) is 5.10 Å². The van der Waals surface area contributed by atoms with Crippen LogP contribution in [0.15, 0.2) is 63.5 Å². The first-order valence-corrected chi connectivity index (χ1v) is 10.0. The number of aromatic nitrogens is 3. The Morgan fingerprint density at radius 2 is 2.03 bits per heavy atom. The number of H-pyrrole nitrogens is 1. The predicted octanol–water partition coefficient (Wildman–Crippen LogP) is 2.39. The van der Waals surface area contributed by atoms with E-state index >= 15 is 0 Å². The highest BCUT2D eigenvalue weighted by molar-refractivity contribution is 5.81. The van der Waals surface area contributed by atoms with Crippen molar-refractivity contribution in [3.63, 3.8) is 0 Å². The highest BCUT2D eigenvalue weighted by Crippen LogP contribution is 2.30. The van der Waals surface area contributed by atoms with E-state index in [4.69, 9.17) is 0 Å². The van der Waals surface area contributed by atoms with Crippen molar-refractivity contribution in [1.29, 1.82) is 0 Å². The molecule has 31 heavy (non-hydrogen) atoms. The number of piperidine rings is 1. The second-order valence-electron chi connectivity index (χ2n) is 7.41. The minimum atomic E-state index is -0.754. The van der Waals surface area contributed by atoms with Gasteiger partial charge in [-0.1, -0.05) is 18.2 Å². The molecule has 4 rings (SSSR count). The molecule has 1 aromatic carbocycles. The Hall–Kier alpha value is -3.75. The Bertz CT molecular complexity index is 1190. The molecule has 0 saturated carbocycles. The molecule has 2 aromatic heterocycles. The molecular weight excluding hydrogens is 401 g/mol. The van der Waals surface area contributed by atoms with Gasteiger partial charge in [0, 0.05) is 18.9 Å². The first kappa shape index (κ1) is 20.5. The zero-order valence-corrected chi connectivity index (χ0v) is 16.7. The Labute approximate surface area is 177 Å². The summed E-state index contributed by atoms with van der Waals surface area (Å²) < 4.78 is 14.2. The molecule has 2 N–H and O–H groups in total. The molecule has 0 aliphatic carbocycles. The number of benzene rings is 1. The van der Waals surface area contributed by atoms with E-state index in [1.54, 1.807) is 12.4 Å². The highest BCUT2D eigenvalue weighted by Gasteiger charge is 2.23. The summed E-state index contributed by atoms with van der Waals surface area (Å²) in [5, 5.41) is 17.0. The van der Waals surface area contributed by atoms with Crippen LogP contribution in [0.2, 0.25) is 0 Å². The van der Waals surface area contributed by atoms with E-state index in [2.05, 4.69) is 15.1 Å². The molecule has 1 saturated heterocycles. The van der Waals surface area contributed by atoms with Crippen LogP contribution in [0, 0.1) is 5.82 Å². The van der Waals surface area contributed by atoms with Crippen molar-refractivity contribution in [1.82, 2.24) is 19.5 Å². The van der Waals surface area contributed by atoms with Crippen LogP contribution >= 0.6 is 0 Å². The summed E-state index contributed by atoms with van der Waals surface area (Å²) in [6.07, 6.45) is 7.70. The fourth-order valence-electron chi connectivity index (χ4n) is 3.71. The fraction of sp³-hybridized carbons (Fsp3) is 0.273. The average molecular weight is 423 g/mol. The molecule has 3 aromatic rings. The largest absolute Gasteiger partial charge is 0.494 e. The molecule has 1 fully saturated rings. The maximum atomic E-state index is 13.1. The van der Waals surface area contributed by atoms with Crippen LogP contribution in [-0.4, -0.2) is 37.4 Å². The molecule has 0 radical (unpaired) electrons. The monoisotopic (exact) mass is 423 g/mol. The predicted molar refractivity (Wildman–Crippen MR) is 114 cm³/mol. The molecule has 1 unspecified atom stereocenters. The number of hydrogen-bond donors (Lipinski definition) is 2. The number of rotatable bonds is 5. The zero-order valence-electron chi connectivity index (χ0n) is 16.7. The van der Waals surface area contributed by atoms with Gasteiger partial charge in [0.1, 0.15) is 11.4 Å². The molecule has 9 heteroatoms. The van der Waals surface area contributed by atoms with Gasteiger partial charge in [0.25, 0.3) is 5.56 Å². The third-order valence-corrected chi connectivity index (χ3v) is 5.34. The summed E-state index contributed by atoms with van der Waals surface area (Å²) in [6, 6.07) is 9.41. The van der Waals surface area contributed by atoms with Crippen molar-refractivity contribution in [2.45, 2.75) is 31.8 Å². The minimum Gasteiger partial charge on any atom is -0.494 e. The summed E-state index contributed by atoms with van der Waals surface area (Å²) in [7, 11) is 0. The molecule has 1 aliphatic heterocycles. The molecule has 160 valence electrons. The standard InChI is InChI=1S/C22H22FN5O3/c23-17-8-6-15(7-9-17)14-27-21(30)18(20(29)26-22(27)31)13-25-28-11-2-1-5-19(28)16-4-3-10-24-12-16/h3-4,6-10,12-13,19,30H,1-2,5,11,14H2,(H,26,29,31)/b25-13+. The molecule has 3 heterocycles. The molecule has 0 spiro atoms. The van der Waals surface area contributed by atoms with Crippen LogP contribution in [0.4, 0.5) is 4.39 Å². The van der Waals surface area contributed by atoms with Gasteiger partial charge in [-0.3, -0.25) is 24.3 Å². The van der Waals surface area contributed by atoms with Gasteiger partial charge in [0.05, 0.1) is 18.8 Å². The average Bonchev–Trinajstić information content (AvgIpc) is 2.78. The maximum absolute atomic E-state index is 13.1. The third-order valence-electron chi connectivity index (χ3n) is 5.34. The van der Waals surface area contributed by atoms with Crippen LogP contribution in [-0.2, 0) is 6.54 Å². The van der Waals surface area contributed by atoms with E-state index in [1.807, 2.05) is 17.1 Å². The summed E-state index contributed by atoms with van der Waals surface area (Å²) in [5.41, 5.74) is 0.0316.